The molecule has 0 N–H and O–H groups in total. The highest BCUT2D eigenvalue weighted by molar-refractivity contribution is 6.18. The molecule has 0 aromatic heterocycles. The van der Waals surface area contributed by atoms with Crippen LogP contribution in [0.4, 0.5) is 0 Å². The molecule has 0 aliphatic carbocycles. The van der Waals surface area contributed by atoms with Crippen LogP contribution in [-0.4, -0.2) is 43.1 Å². The van der Waals surface area contributed by atoms with E-state index in [-0.39, 0.29) is 0 Å². The minimum atomic E-state index is 0.564. The number of piperidine rings is 1. The monoisotopic (exact) mass is 245 g/mol. The normalized spacial score (nSPS) is 32.1. The maximum atomic E-state index is 5.94. The van der Waals surface area contributed by atoms with E-state index in [1.807, 2.05) is 0 Å². The smallest absolute Gasteiger partial charge is 0.0576 e. The van der Waals surface area contributed by atoms with E-state index < -0.39 is 0 Å². The second-order valence-corrected chi connectivity index (χ2v) is 5.55. The third kappa shape index (κ3) is 3.90. The number of rotatable bonds is 5. The lowest BCUT2D eigenvalue weighted by atomic mass is 9.99. The van der Waals surface area contributed by atoms with E-state index in [1.165, 1.54) is 58.2 Å². The molecule has 2 rings (SSSR count). The van der Waals surface area contributed by atoms with Crippen molar-refractivity contribution in [1.29, 1.82) is 0 Å². The summed E-state index contributed by atoms with van der Waals surface area (Å²) in [5.74, 6) is 1.57. The Kier molecular flexibility index (Phi) is 5.40. The third-order valence-electron chi connectivity index (χ3n) is 3.85. The lowest BCUT2D eigenvalue weighted by Gasteiger charge is -2.31. The first-order chi connectivity index (χ1) is 7.88. The maximum absolute atomic E-state index is 5.94. The molecule has 2 atom stereocenters. The van der Waals surface area contributed by atoms with Crippen LogP contribution in [0.5, 0.6) is 0 Å². The summed E-state index contributed by atoms with van der Waals surface area (Å²) in [5.41, 5.74) is 0. The summed E-state index contributed by atoms with van der Waals surface area (Å²) < 4.78 is 5.65. The molecule has 0 radical (unpaired) electrons. The number of halogens is 1. The molecule has 2 fully saturated rings. The second kappa shape index (κ2) is 6.83. The topological polar surface area (TPSA) is 12.5 Å². The van der Waals surface area contributed by atoms with E-state index in [2.05, 4.69) is 4.90 Å². The van der Waals surface area contributed by atoms with Gasteiger partial charge in [-0.2, -0.15) is 0 Å². The molecular weight excluding hydrogens is 222 g/mol. The molecule has 0 aromatic rings. The van der Waals surface area contributed by atoms with E-state index in [9.17, 15) is 0 Å². The van der Waals surface area contributed by atoms with Crippen molar-refractivity contribution in [3.63, 3.8) is 0 Å². The molecule has 0 amide bonds. The van der Waals surface area contributed by atoms with Gasteiger partial charge in [0.2, 0.25) is 0 Å². The summed E-state index contributed by atoms with van der Waals surface area (Å²) in [6.45, 7) is 4.73. The molecule has 2 aliphatic heterocycles. The molecule has 0 aromatic carbocycles. The van der Waals surface area contributed by atoms with E-state index in [4.69, 9.17) is 16.3 Å². The van der Waals surface area contributed by atoms with Crippen molar-refractivity contribution < 1.29 is 4.74 Å². The molecule has 0 spiro atoms. The number of ether oxygens (including phenoxy) is 1. The Morgan fingerprint density at radius 2 is 2.19 bits per heavy atom. The number of nitrogens with zero attached hydrogens (tertiary/aromatic N) is 1. The zero-order chi connectivity index (χ0) is 11.2. The van der Waals surface area contributed by atoms with Gasteiger partial charge in [0.1, 0.15) is 0 Å². The van der Waals surface area contributed by atoms with E-state index in [1.54, 1.807) is 0 Å². The fourth-order valence-electron chi connectivity index (χ4n) is 2.89. The van der Waals surface area contributed by atoms with E-state index in [0.717, 1.165) is 18.4 Å². The molecule has 2 heterocycles. The van der Waals surface area contributed by atoms with Crippen molar-refractivity contribution in [3.8, 4) is 0 Å². The molecule has 94 valence electrons. The SMILES string of the molecule is ClCC1CCCN(CCCC2CCCO2)C1. The fourth-order valence-corrected chi connectivity index (χ4v) is 3.15. The first-order valence-electron chi connectivity index (χ1n) is 6.78. The van der Waals surface area contributed by atoms with Crippen molar-refractivity contribution >= 4 is 11.6 Å². The lowest BCUT2D eigenvalue weighted by Crippen LogP contribution is -2.36. The highest BCUT2D eigenvalue weighted by atomic mass is 35.5. The molecular formula is C13H24ClNO. The van der Waals surface area contributed by atoms with Gasteiger partial charge in [-0.15, -0.1) is 11.6 Å². The summed E-state index contributed by atoms with van der Waals surface area (Å²) in [7, 11) is 0. The number of hydrogen-bond donors (Lipinski definition) is 0. The summed E-state index contributed by atoms with van der Waals surface area (Å²) in [6.07, 6.45) is 8.31. The average molecular weight is 246 g/mol. The zero-order valence-corrected chi connectivity index (χ0v) is 10.9. The highest BCUT2D eigenvalue weighted by Gasteiger charge is 2.20. The van der Waals surface area contributed by atoms with Crippen LogP contribution in [0.2, 0.25) is 0 Å². The van der Waals surface area contributed by atoms with E-state index in [0.29, 0.717) is 6.10 Å². The van der Waals surface area contributed by atoms with Crippen LogP contribution in [0.25, 0.3) is 0 Å². The van der Waals surface area contributed by atoms with Crippen LogP contribution in [0, 0.1) is 5.92 Å². The minimum Gasteiger partial charge on any atom is -0.378 e. The molecule has 0 bridgehead atoms. The Morgan fingerprint density at radius 3 is 2.94 bits per heavy atom. The zero-order valence-electron chi connectivity index (χ0n) is 10.2. The van der Waals surface area contributed by atoms with Crippen molar-refractivity contribution in [2.75, 3.05) is 32.1 Å². The summed E-state index contributed by atoms with van der Waals surface area (Å²) in [5, 5.41) is 0. The van der Waals surface area contributed by atoms with Crippen LogP contribution < -0.4 is 0 Å². The number of alkyl halides is 1. The first kappa shape index (κ1) is 12.7. The quantitative estimate of drug-likeness (QED) is 0.691. The van der Waals surface area contributed by atoms with Gasteiger partial charge in [0.15, 0.2) is 0 Å². The molecule has 16 heavy (non-hydrogen) atoms. The standard InChI is InChI=1S/C13H24ClNO/c14-10-12-4-1-7-15(11-12)8-2-5-13-6-3-9-16-13/h12-13H,1-11H2. The van der Waals surface area contributed by atoms with Gasteiger partial charge in [0, 0.05) is 19.0 Å². The number of likely N-dealkylation sites (tertiary alicyclic amines) is 1. The Bertz CT molecular complexity index is 194. The van der Waals surface area contributed by atoms with Crippen LogP contribution in [0.15, 0.2) is 0 Å². The van der Waals surface area contributed by atoms with Gasteiger partial charge in [0.25, 0.3) is 0 Å². The van der Waals surface area contributed by atoms with Crippen LogP contribution >= 0.6 is 11.6 Å². The largest absolute Gasteiger partial charge is 0.378 e. The summed E-state index contributed by atoms with van der Waals surface area (Å²) in [6, 6.07) is 0. The Hall–Kier alpha value is 0.210. The van der Waals surface area contributed by atoms with Crippen LogP contribution in [0.3, 0.4) is 0 Å². The van der Waals surface area contributed by atoms with Gasteiger partial charge in [-0.3, -0.25) is 0 Å². The molecule has 2 aliphatic rings. The van der Waals surface area contributed by atoms with Gasteiger partial charge in [-0.05, 0) is 57.5 Å². The van der Waals surface area contributed by atoms with Crippen molar-refractivity contribution in [2.24, 2.45) is 5.92 Å². The molecule has 3 heteroatoms. The summed E-state index contributed by atoms with van der Waals surface area (Å²) >= 11 is 5.94. The summed E-state index contributed by atoms with van der Waals surface area (Å²) in [4.78, 5) is 2.59. The van der Waals surface area contributed by atoms with Gasteiger partial charge >= 0.3 is 0 Å². The van der Waals surface area contributed by atoms with Crippen LogP contribution in [0.1, 0.15) is 38.5 Å². The maximum Gasteiger partial charge on any atom is 0.0576 e. The molecule has 2 unspecified atom stereocenters. The molecule has 2 saturated heterocycles. The first-order valence-corrected chi connectivity index (χ1v) is 7.32. The van der Waals surface area contributed by atoms with Gasteiger partial charge in [-0.25, -0.2) is 0 Å². The van der Waals surface area contributed by atoms with Crippen molar-refractivity contribution in [2.45, 2.75) is 44.6 Å². The Labute approximate surface area is 104 Å². The van der Waals surface area contributed by atoms with E-state index >= 15 is 0 Å². The van der Waals surface area contributed by atoms with Crippen LogP contribution in [-0.2, 0) is 4.74 Å². The third-order valence-corrected chi connectivity index (χ3v) is 4.28. The van der Waals surface area contributed by atoms with Crippen molar-refractivity contribution in [1.82, 2.24) is 4.90 Å². The molecule has 2 nitrogen and oxygen atoms in total. The van der Waals surface area contributed by atoms with Gasteiger partial charge in [-0.1, -0.05) is 0 Å². The minimum absolute atomic E-state index is 0.564. The molecule has 0 saturated carbocycles. The van der Waals surface area contributed by atoms with Gasteiger partial charge < -0.3 is 9.64 Å². The number of hydrogen-bond acceptors (Lipinski definition) is 2. The highest BCUT2D eigenvalue weighted by Crippen LogP contribution is 2.20. The average Bonchev–Trinajstić information content (AvgIpc) is 2.82. The Morgan fingerprint density at radius 1 is 1.25 bits per heavy atom. The predicted molar refractivity (Wildman–Crippen MR) is 68.1 cm³/mol. The second-order valence-electron chi connectivity index (χ2n) is 5.24. The van der Waals surface area contributed by atoms with Gasteiger partial charge in [0.05, 0.1) is 6.10 Å². The lowest BCUT2D eigenvalue weighted by molar-refractivity contribution is 0.0958. The Balaban J connectivity index is 1.58. The van der Waals surface area contributed by atoms with Crippen molar-refractivity contribution in [3.05, 3.63) is 0 Å². The fraction of sp³-hybridized carbons (Fsp3) is 1.00. The predicted octanol–water partition coefficient (Wildman–Crippen LogP) is 2.90.